The van der Waals surface area contributed by atoms with Gasteiger partial charge in [0.15, 0.2) is 11.2 Å². The summed E-state index contributed by atoms with van der Waals surface area (Å²) in [4.78, 5) is 30.7. The molecule has 23 heavy (non-hydrogen) atoms. The number of H-pyrrole nitrogens is 1. The monoisotopic (exact) mass is 320 g/mol. The number of fused-ring (bicyclic) bond motifs is 1. The second-order valence-corrected chi connectivity index (χ2v) is 6.28. The summed E-state index contributed by atoms with van der Waals surface area (Å²) in [5.41, 5.74) is 0.0772. The average molecular weight is 320 g/mol. The third kappa shape index (κ3) is 2.96. The second-order valence-electron chi connectivity index (χ2n) is 6.28. The van der Waals surface area contributed by atoms with Crippen LogP contribution >= 0.6 is 0 Å². The molecule has 2 aromatic heterocycles. The van der Waals surface area contributed by atoms with Crippen molar-refractivity contribution in [2.75, 3.05) is 11.9 Å². The van der Waals surface area contributed by atoms with Crippen molar-refractivity contribution in [2.24, 2.45) is 11.8 Å². The van der Waals surface area contributed by atoms with Crippen LogP contribution in [0.2, 0.25) is 0 Å². The second kappa shape index (κ2) is 6.07. The number of nitrogens with one attached hydrogen (secondary N) is 2. The normalized spacial score (nSPS) is 21.2. The molecule has 0 spiro atoms. The van der Waals surface area contributed by atoms with Crippen LogP contribution in [0.5, 0.6) is 0 Å². The minimum atomic E-state index is -0.433. The fraction of sp³-hybridized carbons (Fsp3) is 0.643. The highest BCUT2D eigenvalue weighted by Crippen LogP contribution is 2.34. The summed E-state index contributed by atoms with van der Waals surface area (Å²) in [7, 11) is 0. The van der Waals surface area contributed by atoms with E-state index in [4.69, 9.17) is 0 Å². The van der Waals surface area contributed by atoms with E-state index in [1.807, 2.05) is 0 Å². The largest absolute Gasteiger partial charge is 0.396 e. The van der Waals surface area contributed by atoms with E-state index >= 15 is 0 Å². The van der Waals surface area contributed by atoms with Gasteiger partial charge in [-0.15, -0.1) is 5.10 Å². The standard InChI is InChI=1S/C14H20N6O3/c1-7(2)12(22)16-14-15-11-10(13(23)17-14)18-19-20(11)9-4-3-8(5-9)6-21/h7-9,21H,3-6H2,1-2H3,(H2,15,16,17,22,23)/t8-,9+/m1/s1. The topological polar surface area (TPSA) is 126 Å². The van der Waals surface area contributed by atoms with Gasteiger partial charge in [-0.05, 0) is 25.2 Å². The molecule has 9 heteroatoms. The predicted octanol–water partition coefficient (Wildman–Crippen LogP) is 0.443. The number of rotatable bonds is 4. The number of carbonyl (C=O) groups is 1. The van der Waals surface area contributed by atoms with Crippen LogP contribution in [-0.4, -0.2) is 42.6 Å². The highest BCUT2D eigenvalue weighted by Gasteiger charge is 2.28. The first-order valence-electron chi connectivity index (χ1n) is 7.76. The summed E-state index contributed by atoms with van der Waals surface area (Å²) in [5, 5.41) is 19.8. The molecule has 1 amide bonds. The average Bonchev–Trinajstić information content (AvgIpc) is 3.12. The van der Waals surface area contributed by atoms with Crippen molar-refractivity contribution in [1.82, 2.24) is 25.0 Å². The Hall–Kier alpha value is -2.29. The molecule has 1 fully saturated rings. The molecule has 2 atom stereocenters. The maximum absolute atomic E-state index is 12.1. The Bertz CT molecular complexity index is 780. The lowest BCUT2D eigenvalue weighted by atomic mass is 10.1. The molecule has 0 unspecified atom stereocenters. The zero-order chi connectivity index (χ0) is 16.6. The first kappa shape index (κ1) is 15.6. The number of aromatic nitrogens is 5. The fourth-order valence-corrected chi connectivity index (χ4v) is 2.84. The molecule has 124 valence electrons. The molecule has 3 rings (SSSR count). The van der Waals surface area contributed by atoms with Crippen LogP contribution in [0.4, 0.5) is 5.95 Å². The molecule has 0 aromatic carbocycles. The molecule has 2 aromatic rings. The summed E-state index contributed by atoms with van der Waals surface area (Å²) in [6, 6.07) is 0.0556. The lowest BCUT2D eigenvalue weighted by Crippen LogP contribution is -2.22. The molecule has 1 saturated carbocycles. The van der Waals surface area contributed by atoms with Gasteiger partial charge >= 0.3 is 0 Å². The van der Waals surface area contributed by atoms with Gasteiger partial charge in [0.2, 0.25) is 11.9 Å². The van der Waals surface area contributed by atoms with E-state index in [9.17, 15) is 14.7 Å². The first-order valence-corrected chi connectivity index (χ1v) is 7.76. The van der Waals surface area contributed by atoms with E-state index in [1.165, 1.54) is 0 Å². The number of carbonyl (C=O) groups excluding carboxylic acids is 1. The zero-order valence-corrected chi connectivity index (χ0v) is 13.1. The van der Waals surface area contributed by atoms with Crippen LogP contribution < -0.4 is 10.9 Å². The van der Waals surface area contributed by atoms with Crippen molar-refractivity contribution in [2.45, 2.75) is 39.2 Å². The highest BCUT2D eigenvalue weighted by atomic mass is 16.3. The summed E-state index contributed by atoms with van der Waals surface area (Å²) >= 11 is 0. The lowest BCUT2D eigenvalue weighted by Gasteiger charge is -2.11. The Morgan fingerprint density at radius 1 is 1.48 bits per heavy atom. The maximum atomic E-state index is 12.1. The van der Waals surface area contributed by atoms with Crippen molar-refractivity contribution in [3.63, 3.8) is 0 Å². The smallest absolute Gasteiger partial charge is 0.282 e. The van der Waals surface area contributed by atoms with Gasteiger partial charge in [-0.2, -0.15) is 4.98 Å². The summed E-state index contributed by atoms with van der Waals surface area (Å²) in [6.45, 7) is 3.66. The third-order valence-electron chi connectivity index (χ3n) is 4.22. The van der Waals surface area contributed by atoms with Crippen molar-refractivity contribution >= 4 is 23.0 Å². The van der Waals surface area contributed by atoms with Crippen LogP contribution in [0.25, 0.3) is 11.2 Å². The summed E-state index contributed by atoms with van der Waals surface area (Å²) in [5.74, 6) is -0.116. The molecule has 9 nitrogen and oxygen atoms in total. The molecule has 3 N–H and O–H groups in total. The van der Waals surface area contributed by atoms with Crippen LogP contribution in [0.15, 0.2) is 4.79 Å². The van der Waals surface area contributed by atoms with Crippen LogP contribution in [0.3, 0.4) is 0 Å². The number of aliphatic hydroxyl groups excluding tert-OH is 1. The fourth-order valence-electron chi connectivity index (χ4n) is 2.84. The van der Waals surface area contributed by atoms with Crippen LogP contribution in [0, 0.1) is 11.8 Å². The molecule has 0 saturated heterocycles. The quantitative estimate of drug-likeness (QED) is 0.750. The van der Waals surface area contributed by atoms with Gasteiger partial charge < -0.3 is 5.11 Å². The molecule has 1 aliphatic rings. The highest BCUT2D eigenvalue weighted by molar-refractivity contribution is 5.90. The maximum Gasteiger partial charge on any atom is 0.282 e. The molecular formula is C14H20N6O3. The lowest BCUT2D eigenvalue weighted by molar-refractivity contribution is -0.118. The van der Waals surface area contributed by atoms with Crippen molar-refractivity contribution < 1.29 is 9.90 Å². The van der Waals surface area contributed by atoms with Gasteiger partial charge in [-0.25, -0.2) is 4.68 Å². The van der Waals surface area contributed by atoms with E-state index < -0.39 is 5.56 Å². The molecule has 2 heterocycles. The van der Waals surface area contributed by atoms with Gasteiger partial charge in [-0.1, -0.05) is 19.1 Å². The number of hydrogen-bond acceptors (Lipinski definition) is 6. The van der Waals surface area contributed by atoms with Crippen LogP contribution in [-0.2, 0) is 4.79 Å². The molecule has 1 aliphatic carbocycles. The Balaban J connectivity index is 1.96. The molecule has 0 radical (unpaired) electrons. The van der Waals surface area contributed by atoms with Gasteiger partial charge in [0.05, 0.1) is 6.04 Å². The van der Waals surface area contributed by atoms with Crippen molar-refractivity contribution in [3.05, 3.63) is 10.4 Å². The van der Waals surface area contributed by atoms with E-state index in [1.54, 1.807) is 18.5 Å². The van der Waals surface area contributed by atoms with Gasteiger partial charge in [0.25, 0.3) is 5.56 Å². The summed E-state index contributed by atoms with van der Waals surface area (Å²) in [6.07, 6.45) is 2.53. The van der Waals surface area contributed by atoms with Crippen molar-refractivity contribution in [3.8, 4) is 0 Å². The molecular weight excluding hydrogens is 300 g/mol. The number of aromatic amines is 1. The van der Waals surface area contributed by atoms with Gasteiger partial charge in [0, 0.05) is 12.5 Å². The minimum absolute atomic E-state index is 0.0556. The van der Waals surface area contributed by atoms with Crippen molar-refractivity contribution in [1.29, 1.82) is 0 Å². The van der Waals surface area contributed by atoms with E-state index in [2.05, 4.69) is 25.6 Å². The summed E-state index contributed by atoms with van der Waals surface area (Å²) < 4.78 is 1.63. The Morgan fingerprint density at radius 2 is 2.26 bits per heavy atom. The van der Waals surface area contributed by atoms with E-state index in [0.29, 0.717) is 5.65 Å². The minimum Gasteiger partial charge on any atom is -0.396 e. The number of hydrogen-bond donors (Lipinski definition) is 3. The number of aliphatic hydroxyl groups is 1. The molecule has 0 bridgehead atoms. The SMILES string of the molecule is CC(C)C(=O)Nc1nc2c(nnn2[C@H]2CC[C@@H](CO)C2)c(=O)[nH]1. The van der Waals surface area contributed by atoms with Crippen LogP contribution in [0.1, 0.15) is 39.2 Å². The Morgan fingerprint density at radius 3 is 2.91 bits per heavy atom. The predicted molar refractivity (Wildman–Crippen MR) is 82.9 cm³/mol. The van der Waals surface area contributed by atoms with E-state index in [-0.39, 0.29) is 41.9 Å². The number of anilines is 1. The van der Waals surface area contributed by atoms with Gasteiger partial charge in [-0.3, -0.25) is 19.9 Å². The number of amides is 1. The zero-order valence-electron chi connectivity index (χ0n) is 13.1. The number of nitrogens with zero attached hydrogens (tertiary/aromatic N) is 4. The Labute approximate surface area is 132 Å². The third-order valence-corrected chi connectivity index (χ3v) is 4.22. The Kier molecular flexibility index (Phi) is 4.12. The van der Waals surface area contributed by atoms with E-state index in [0.717, 1.165) is 19.3 Å². The van der Waals surface area contributed by atoms with Gasteiger partial charge in [0.1, 0.15) is 0 Å². The first-order chi connectivity index (χ1) is 11.0. The molecule has 0 aliphatic heterocycles.